The van der Waals surface area contributed by atoms with Gasteiger partial charge in [0.1, 0.15) is 11.5 Å². The number of nitrogens with one attached hydrogen (secondary N) is 2. The van der Waals surface area contributed by atoms with Crippen LogP contribution in [0.1, 0.15) is 16.8 Å². The van der Waals surface area contributed by atoms with Crippen molar-refractivity contribution in [2.75, 3.05) is 0 Å². The molecular weight excluding hydrogens is 442 g/mol. The highest BCUT2D eigenvalue weighted by molar-refractivity contribution is 7.89. The molecule has 0 saturated heterocycles. The van der Waals surface area contributed by atoms with Crippen molar-refractivity contribution in [1.29, 1.82) is 0 Å². The number of imidazole rings is 1. The van der Waals surface area contributed by atoms with Gasteiger partial charge in [-0.3, -0.25) is 4.98 Å². The number of aromatic amines is 2. The lowest BCUT2D eigenvalue weighted by molar-refractivity contribution is 0.382. The number of hydrogen-bond acceptors (Lipinski definition) is 5. The third-order valence-corrected chi connectivity index (χ3v) is 6.84. The molecule has 0 atom stereocenters. The van der Waals surface area contributed by atoms with Gasteiger partial charge in [0.15, 0.2) is 0 Å². The molecule has 33 heavy (non-hydrogen) atoms. The van der Waals surface area contributed by atoms with Crippen molar-refractivity contribution < 1.29 is 18.3 Å². The Kier molecular flexibility index (Phi) is 6.34. The number of H-pyrrole nitrogens is 2. The molecule has 3 aromatic carbocycles. The molecule has 0 fully saturated rings. The van der Waals surface area contributed by atoms with Crippen LogP contribution in [0.4, 0.5) is 0 Å². The Morgan fingerprint density at radius 3 is 2.03 bits per heavy atom. The van der Waals surface area contributed by atoms with Gasteiger partial charge in [0.25, 0.3) is 0 Å². The summed E-state index contributed by atoms with van der Waals surface area (Å²) in [6, 6.07) is 22.7. The van der Waals surface area contributed by atoms with E-state index in [0.29, 0.717) is 11.5 Å². The minimum atomic E-state index is -3.97. The Balaban J connectivity index is 1.61. The summed E-state index contributed by atoms with van der Waals surface area (Å²) >= 11 is 0. The van der Waals surface area contributed by atoms with Crippen LogP contribution in [0.15, 0.2) is 88.6 Å². The summed E-state index contributed by atoms with van der Waals surface area (Å²) in [5.74, 6) is 0.754. The lowest BCUT2D eigenvalue weighted by Crippen LogP contribution is -2.30. The maximum atomic E-state index is 13.5. The van der Waals surface area contributed by atoms with Crippen molar-refractivity contribution in [3.63, 3.8) is 0 Å². The first-order valence-electron chi connectivity index (χ1n) is 10.2. The summed E-state index contributed by atoms with van der Waals surface area (Å²) in [6.45, 7) is 1.81. The molecule has 170 valence electrons. The number of benzene rings is 3. The van der Waals surface area contributed by atoms with Gasteiger partial charge in [-0.25, -0.2) is 13.2 Å². The third kappa shape index (κ3) is 5.33. The predicted molar refractivity (Wildman–Crippen MR) is 124 cm³/mol. The monoisotopic (exact) mass is 465 g/mol. The van der Waals surface area contributed by atoms with Crippen molar-refractivity contribution >= 4 is 10.0 Å². The van der Waals surface area contributed by atoms with Gasteiger partial charge in [-0.05, 0) is 48.9 Å². The molecule has 1 heterocycles. The van der Waals surface area contributed by atoms with Gasteiger partial charge < -0.3 is 14.8 Å². The van der Waals surface area contributed by atoms with Crippen molar-refractivity contribution in [3.8, 4) is 17.4 Å². The zero-order valence-electron chi connectivity index (χ0n) is 17.9. The quantitative estimate of drug-likeness (QED) is 0.365. The van der Waals surface area contributed by atoms with Crippen LogP contribution in [0.2, 0.25) is 0 Å². The summed E-state index contributed by atoms with van der Waals surface area (Å²) < 4.78 is 33.9. The summed E-state index contributed by atoms with van der Waals surface area (Å²) in [4.78, 5) is 16.2. The molecular formula is C24H23N3O5S. The predicted octanol–water partition coefficient (Wildman–Crippen LogP) is 3.90. The van der Waals surface area contributed by atoms with Crippen molar-refractivity contribution in [3.05, 3.63) is 106 Å². The van der Waals surface area contributed by atoms with E-state index in [0.717, 1.165) is 11.1 Å². The smallest absolute Gasteiger partial charge is 0.326 e. The van der Waals surface area contributed by atoms with Crippen LogP contribution in [-0.4, -0.2) is 27.8 Å². The van der Waals surface area contributed by atoms with Crippen molar-refractivity contribution in [2.45, 2.75) is 24.9 Å². The minimum absolute atomic E-state index is 0.0530. The van der Waals surface area contributed by atoms with Gasteiger partial charge in [-0.15, -0.1) is 0 Å². The van der Waals surface area contributed by atoms with E-state index in [4.69, 9.17) is 4.74 Å². The number of ether oxygens (including phenoxy) is 1. The van der Waals surface area contributed by atoms with E-state index in [1.165, 1.54) is 16.4 Å². The van der Waals surface area contributed by atoms with Crippen molar-refractivity contribution in [2.24, 2.45) is 0 Å². The largest absolute Gasteiger partial charge is 0.493 e. The molecule has 3 N–H and O–H groups in total. The highest BCUT2D eigenvalue weighted by Gasteiger charge is 2.27. The molecule has 0 unspecified atom stereocenters. The van der Waals surface area contributed by atoms with Gasteiger partial charge in [-0.2, -0.15) is 4.31 Å². The first kappa shape index (κ1) is 22.4. The summed E-state index contributed by atoms with van der Waals surface area (Å²) in [7, 11) is -3.97. The molecule has 8 nitrogen and oxygen atoms in total. The Labute approximate surface area is 191 Å². The van der Waals surface area contributed by atoms with Crippen molar-refractivity contribution in [1.82, 2.24) is 14.3 Å². The van der Waals surface area contributed by atoms with Gasteiger partial charge >= 0.3 is 5.69 Å². The van der Waals surface area contributed by atoms with E-state index >= 15 is 0 Å². The number of hydrogen-bond donors (Lipinski definition) is 3. The molecule has 0 bridgehead atoms. The number of sulfonamides is 1. The molecule has 1 aromatic heterocycles. The molecule has 4 aromatic rings. The van der Waals surface area contributed by atoms with E-state index in [2.05, 4.69) is 9.97 Å². The van der Waals surface area contributed by atoms with E-state index in [-0.39, 0.29) is 23.7 Å². The second-order valence-corrected chi connectivity index (χ2v) is 9.49. The average molecular weight is 466 g/mol. The molecule has 4 rings (SSSR count). The van der Waals surface area contributed by atoms with Gasteiger partial charge in [-0.1, -0.05) is 48.0 Å². The number of nitrogens with zero attached hydrogens (tertiary/aromatic N) is 1. The summed E-state index contributed by atoms with van der Waals surface area (Å²) in [6.07, 6.45) is 0. The summed E-state index contributed by atoms with van der Waals surface area (Å²) in [5, 5.41) is 9.95. The number of rotatable bonds is 8. The second-order valence-electron chi connectivity index (χ2n) is 7.55. The van der Waals surface area contributed by atoms with Crippen LogP contribution in [0.3, 0.4) is 0 Å². The standard InChI is InChI=1S/C24H23N3O5S/c1-17-7-9-19(10-8-17)32-20-11-13-21(14-12-20)33(30,31)27(15-18-5-3-2-4-6-18)16-22-23(28)26-24(29)25-22/h2-14,28H,15-16H2,1H3,(H2,25,26,29). The van der Waals surface area contributed by atoms with Crippen LogP contribution in [-0.2, 0) is 23.1 Å². The Bertz CT molecular complexity index is 1380. The van der Waals surface area contributed by atoms with Crippen LogP contribution in [0.5, 0.6) is 17.4 Å². The summed E-state index contributed by atoms with van der Waals surface area (Å²) in [5.41, 5.74) is 1.34. The molecule has 0 saturated carbocycles. The van der Waals surface area contributed by atoms with Crippen LogP contribution in [0.25, 0.3) is 0 Å². The molecule has 0 amide bonds. The lowest BCUT2D eigenvalue weighted by Gasteiger charge is -2.22. The zero-order valence-corrected chi connectivity index (χ0v) is 18.7. The fraction of sp³-hybridized carbons (Fsp3) is 0.125. The first-order valence-corrected chi connectivity index (χ1v) is 11.6. The SMILES string of the molecule is Cc1ccc(Oc2ccc(S(=O)(=O)N(Cc3ccccc3)Cc3[nH]c(=O)[nH]c3O)cc2)cc1. The van der Waals surface area contributed by atoms with E-state index < -0.39 is 21.6 Å². The number of aryl methyl sites for hydroxylation is 1. The van der Waals surface area contributed by atoms with E-state index in [1.807, 2.05) is 49.4 Å². The second kappa shape index (κ2) is 9.35. The Hall–Kier alpha value is -3.82. The number of aromatic hydroxyl groups is 1. The number of aromatic nitrogens is 2. The van der Waals surface area contributed by atoms with Crippen LogP contribution >= 0.6 is 0 Å². The average Bonchev–Trinajstić information content (AvgIpc) is 3.12. The van der Waals surface area contributed by atoms with Gasteiger partial charge in [0, 0.05) is 6.54 Å². The maximum Gasteiger partial charge on any atom is 0.326 e. The topological polar surface area (TPSA) is 115 Å². The van der Waals surface area contributed by atoms with Crippen LogP contribution in [0, 0.1) is 6.92 Å². The normalized spacial score (nSPS) is 11.6. The molecule has 0 aliphatic heterocycles. The minimum Gasteiger partial charge on any atom is -0.493 e. The fourth-order valence-corrected chi connectivity index (χ4v) is 4.68. The Morgan fingerprint density at radius 1 is 0.848 bits per heavy atom. The molecule has 0 aliphatic rings. The first-order chi connectivity index (χ1) is 15.8. The maximum absolute atomic E-state index is 13.5. The lowest BCUT2D eigenvalue weighted by atomic mass is 10.2. The molecule has 0 spiro atoms. The van der Waals surface area contributed by atoms with E-state index in [1.54, 1.807) is 24.3 Å². The zero-order chi connectivity index (χ0) is 23.4. The molecule has 9 heteroatoms. The highest BCUT2D eigenvalue weighted by Crippen LogP contribution is 2.26. The highest BCUT2D eigenvalue weighted by atomic mass is 32.2. The third-order valence-electron chi connectivity index (χ3n) is 5.04. The van der Waals surface area contributed by atoms with E-state index in [9.17, 15) is 18.3 Å². The van der Waals surface area contributed by atoms with Gasteiger partial charge in [0.2, 0.25) is 15.9 Å². The fourth-order valence-electron chi connectivity index (χ4n) is 3.29. The van der Waals surface area contributed by atoms with Crippen LogP contribution < -0.4 is 10.4 Å². The Morgan fingerprint density at radius 2 is 1.45 bits per heavy atom. The molecule has 0 radical (unpaired) electrons. The molecule has 0 aliphatic carbocycles. The van der Waals surface area contributed by atoms with Gasteiger partial charge in [0.05, 0.1) is 17.1 Å².